The molecule has 1 rings (SSSR count). The van der Waals surface area contributed by atoms with Gasteiger partial charge in [0.1, 0.15) is 5.56 Å². The van der Waals surface area contributed by atoms with Crippen molar-refractivity contribution < 1.29 is 4.92 Å². The van der Waals surface area contributed by atoms with Crippen molar-refractivity contribution in [3.63, 3.8) is 0 Å². The number of nitrogen functional groups attached to an aromatic ring is 1. The highest BCUT2D eigenvalue weighted by atomic mass is 16.6. The first kappa shape index (κ1) is 9.07. The van der Waals surface area contributed by atoms with Crippen LogP contribution in [-0.4, -0.2) is 4.92 Å². The maximum absolute atomic E-state index is 10.5. The molecular formula is C9H8N2O2. The lowest BCUT2D eigenvalue weighted by molar-refractivity contribution is -0.385. The molecule has 0 bridgehead atoms. The van der Waals surface area contributed by atoms with Crippen LogP contribution in [-0.2, 0) is 0 Å². The number of nitrogens with two attached hydrogens (primary N) is 1. The molecule has 0 aromatic heterocycles. The van der Waals surface area contributed by atoms with Gasteiger partial charge in [-0.3, -0.25) is 10.1 Å². The van der Waals surface area contributed by atoms with E-state index in [2.05, 4.69) is 11.8 Å². The number of nitro benzene ring substituents is 1. The van der Waals surface area contributed by atoms with Crippen LogP contribution >= 0.6 is 0 Å². The van der Waals surface area contributed by atoms with E-state index in [1.54, 1.807) is 6.92 Å². The molecule has 0 saturated heterocycles. The Morgan fingerprint density at radius 3 is 2.77 bits per heavy atom. The second-order valence-corrected chi connectivity index (χ2v) is 2.41. The van der Waals surface area contributed by atoms with Crippen molar-refractivity contribution in [2.45, 2.75) is 6.92 Å². The summed E-state index contributed by atoms with van der Waals surface area (Å²) in [6.07, 6.45) is 0. The van der Waals surface area contributed by atoms with Crippen LogP contribution in [0.4, 0.5) is 11.4 Å². The molecule has 4 heteroatoms. The smallest absolute Gasteiger partial charge is 0.285 e. The van der Waals surface area contributed by atoms with E-state index in [1.807, 2.05) is 0 Å². The zero-order chi connectivity index (χ0) is 9.84. The van der Waals surface area contributed by atoms with E-state index in [9.17, 15) is 10.1 Å². The summed E-state index contributed by atoms with van der Waals surface area (Å²) in [7, 11) is 0. The maximum atomic E-state index is 10.5. The minimum atomic E-state index is -0.473. The molecule has 1 aromatic carbocycles. The number of hydrogen-bond donors (Lipinski definition) is 1. The molecule has 0 fully saturated rings. The highest BCUT2D eigenvalue weighted by Gasteiger charge is 2.10. The van der Waals surface area contributed by atoms with Crippen LogP contribution in [0, 0.1) is 22.0 Å². The largest absolute Gasteiger partial charge is 0.399 e. The zero-order valence-electron chi connectivity index (χ0n) is 7.07. The van der Waals surface area contributed by atoms with Crippen LogP contribution < -0.4 is 5.73 Å². The summed E-state index contributed by atoms with van der Waals surface area (Å²) in [4.78, 5) is 10.0. The Morgan fingerprint density at radius 2 is 2.23 bits per heavy atom. The van der Waals surface area contributed by atoms with Crippen LogP contribution in [0.2, 0.25) is 0 Å². The monoisotopic (exact) mass is 176 g/mol. The van der Waals surface area contributed by atoms with E-state index < -0.39 is 4.92 Å². The molecule has 13 heavy (non-hydrogen) atoms. The first-order valence-electron chi connectivity index (χ1n) is 3.62. The summed E-state index contributed by atoms with van der Waals surface area (Å²) in [5.41, 5.74) is 6.29. The minimum Gasteiger partial charge on any atom is -0.399 e. The van der Waals surface area contributed by atoms with E-state index in [4.69, 9.17) is 5.73 Å². The van der Waals surface area contributed by atoms with Gasteiger partial charge in [-0.05, 0) is 19.1 Å². The second-order valence-electron chi connectivity index (χ2n) is 2.41. The standard InChI is InChI=1S/C9H8N2O2/c1-2-3-7-6-8(10)4-5-9(7)11(12)13/h4-6H,10H2,1H3. The van der Waals surface area contributed by atoms with Gasteiger partial charge in [-0.25, -0.2) is 0 Å². The van der Waals surface area contributed by atoms with Crippen LogP contribution in [0.1, 0.15) is 12.5 Å². The number of anilines is 1. The molecule has 0 radical (unpaired) electrons. The van der Waals surface area contributed by atoms with Gasteiger partial charge in [-0.15, -0.1) is 5.92 Å². The van der Waals surface area contributed by atoms with Gasteiger partial charge in [0.15, 0.2) is 0 Å². The Balaban J connectivity index is 3.32. The van der Waals surface area contributed by atoms with E-state index in [-0.39, 0.29) is 5.69 Å². The molecule has 1 aromatic rings. The molecule has 0 aliphatic rings. The molecule has 66 valence electrons. The van der Waals surface area contributed by atoms with E-state index >= 15 is 0 Å². The van der Waals surface area contributed by atoms with Crippen molar-refractivity contribution >= 4 is 11.4 Å². The molecule has 0 amide bonds. The Labute approximate surface area is 75.5 Å². The normalized spacial score (nSPS) is 8.69. The fourth-order valence-corrected chi connectivity index (χ4v) is 0.948. The summed E-state index contributed by atoms with van der Waals surface area (Å²) in [5.74, 6) is 5.22. The zero-order valence-corrected chi connectivity index (χ0v) is 7.07. The molecule has 2 N–H and O–H groups in total. The summed E-state index contributed by atoms with van der Waals surface area (Å²) < 4.78 is 0. The van der Waals surface area contributed by atoms with Crippen LogP contribution in [0.15, 0.2) is 18.2 Å². The average Bonchev–Trinajstić information content (AvgIpc) is 2.04. The van der Waals surface area contributed by atoms with Crippen molar-refractivity contribution in [3.8, 4) is 11.8 Å². The number of hydrogen-bond acceptors (Lipinski definition) is 3. The third-order valence-corrected chi connectivity index (χ3v) is 1.48. The second kappa shape index (κ2) is 3.59. The Morgan fingerprint density at radius 1 is 1.54 bits per heavy atom. The molecule has 0 heterocycles. The van der Waals surface area contributed by atoms with Crippen LogP contribution in [0.3, 0.4) is 0 Å². The van der Waals surface area contributed by atoms with Crippen molar-refractivity contribution in [1.29, 1.82) is 0 Å². The molecule has 0 spiro atoms. The van der Waals surface area contributed by atoms with Crippen molar-refractivity contribution in [1.82, 2.24) is 0 Å². The molecule has 4 nitrogen and oxygen atoms in total. The third kappa shape index (κ3) is 1.97. The average molecular weight is 176 g/mol. The quantitative estimate of drug-likeness (QED) is 0.305. The predicted molar refractivity (Wildman–Crippen MR) is 50.1 cm³/mol. The summed E-state index contributed by atoms with van der Waals surface area (Å²) in [5, 5.41) is 10.5. The third-order valence-electron chi connectivity index (χ3n) is 1.48. The van der Waals surface area contributed by atoms with Gasteiger partial charge in [-0.1, -0.05) is 5.92 Å². The van der Waals surface area contributed by atoms with E-state index in [1.165, 1.54) is 18.2 Å². The molecular weight excluding hydrogens is 168 g/mol. The van der Waals surface area contributed by atoms with Gasteiger partial charge in [0.05, 0.1) is 4.92 Å². The van der Waals surface area contributed by atoms with Gasteiger partial charge >= 0.3 is 0 Å². The van der Waals surface area contributed by atoms with Crippen molar-refractivity contribution in [3.05, 3.63) is 33.9 Å². The lowest BCUT2D eigenvalue weighted by Crippen LogP contribution is -1.94. The Bertz CT molecular complexity index is 402. The SMILES string of the molecule is CC#Cc1cc(N)ccc1[N+](=O)[O-]. The summed E-state index contributed by atoms with van der Waals surface area (Å²) in [6, 6.07) is 4.34. The first-order chi connectivity index (χ1) is 6.15. The predicted octanol–water partition coefficient (Wildman–Crippen LogP) is 1.55. The van der Waals surface area contributed by atoms with Gasteiger partial charge < -0.3 is 5.73 Å². The molecule has 0 aliphatic carbocycles. The lowest BCUT2D eigenvalue weighted by Gasteiger charge is -1.96. The lowest BCUT2D eigenvalue weighted by atomic mass is 10.1. The maximum Gasteiger partial charge on any atom is 0.285 e. The molecule has 0 saturated carbocycles. The number of nitrogens with zero attached hydrogens (tertiary/aromatic N) is 1. The van der Waals surface area contributed by atoms with Crippen LogP contribution in [0.5, 0.6) is 0 Å². The fourth-order valence-electron chi connectivity index (χ4n) is 0.948. The van der Waals surface area contributed by atoms with Gasteiger partial charge in [0.2, 0.25) is 0 Å². The first-order valence-corrected chi connectivity index (χ1v) is 3.62. The van der Waals surface area contributed by atoms with Crippen molar-refractivity contribution in [2.75, 3.05) is 5.73 Å². The Hall–Kier alpha value is -2.02. The minimum absolute atomic E-state index is 0.0106. The van der Waals surface area contributed by atoms with Gasteiger partial charge in [0.25, 0.3) is 5.69 Å². The molecule has 0 aliphatic heterocycles. The molecule has 0 unspecified atom stereocenters. The van der Waals surface area contributed by atoms with E-state index in [0.29, 0.717) is 11.3 Å². The molecule has 0 atom stereocenters. The van der Waals surface area contributed by atoms with E-state index in [0.717, 1.165) is 0 Å². The fraction of sp³-hybridized carbons (Fsp3) is 0.111. The van der Waals surface area contributed by atoms with Gasteiger partial charge in [-0.2, -0.15) is 0 Å². The van der Waals surface area contributed by atoms with Gasteiger partial charge in [0, 0.05) is 11.8 Å². The highest BCUT2D eigenvalue weighted by Crippen LogP contribution is 2.19. The van der Waals surface area contributed by atoms with Crippen LogP contribution in [0.25, 0.3) is 0 Å². The Kier molecular flexibility index (Phi) is 2.50. The summed E-state index contributed by atoms with van der Waals surface area (Å²) >= 11 is 0. The number of nitro groups is 1. The highest BCUT2D eigenvalue weighted by molar-refractivity contribution is 5.58. The topological polar surface area (TPSA) is 69.2 Å². The van der Waals surface area contributed by atoms with Crippen molar-refractivity contribution in [2.24, 2.45) is 0 Å². The summed E-state index contributed by atoms with van der Waals surface area (Å²) in [6.45, 7) is 1.62. The number of benzene rings is 1. The number of rotatable bonds is 1.